The molecule has 1 atom stereocenters. The number of anilines is 1. The Morgan fingerprint density at radius 1 is 1.47 bits per heavy atom. The van der Waals surface area contributed by atoms with Crippen molar-refractivity contribution in [2.75, 3.05) is 5.32 Å². The van der Waals surface area contributed by atoms with E-state index in [0.29, 0.717) is 12.1 Å². The number of carbonyl (C=O) groups is 1. The van der Waals surface area contributed by atoms with Crippen LogP contribution >= 0.6 is 0 Å². The predicted molar refractivity (Wildman–Crippen MR) is 57.7 cm³/mol. The average Bonchev–Trinajstić information content (AvgIpc) is 2.16. The van der Waals surface area contributed by atoms with Crippen LogP contribution in [-0.4, -0.2) is 17.2 Å². The first kappa shape index (κ1) is 9.98. The summed E-state index contributed by atoms with van der Waals surface area (Å²) in [5.41, 5.74) is 8.06. The second-order valence-electron chi connectivity index (χ2n) is 3.87. The van der Waals surface area contributed by atoms with Crippen LogP contribution in [0.4, 0.5) is 10.5 Å². The summed E-state index contributed by atoms with van der Waals surface area (Å²) in [5.74, 6) is 0. The molecule has 1 unspecified atom stereocenters. The summed E-state index contributed by atoms with van der Waals surface area (Å²) in [6, 6.07) is 5.13. The van der Waals surface area contributed by atoms with Gasteiger partial charge in [0, 0.05) is 5.69 Å². The maximum Gasteiger partial charge on any atom is 0.316 e. The minimum Gasteiger partial charge on any atom is -0.393 e. The summed E-state index contributed by atoms with van der Waals surface area (Å²) in [4.78, 5) is 10.7. The highest BCUT2D eigenvalue weighted by Gasteiger charge is 2.16. The van der Waals surface area contributed by atoms with Gasteiger partial charge in [0.05, 0.1) is 6.10 Å². The molecule has 0 saturated carbocycles. The number of hydrogen-bond acceptors (Lipinski definition) is 2. The fourth-order valence-electron chi connectivity index (χ4n) is 1.96. The second-order valence-corrected chi connectivity index (χ2v) is 3.87. The van der Waals surface area contributed by atoms with E-state index in [4.69, 9.17) is 5.73 Å². The summed E-state index contributed by atoms with van der Waals surface area (Å²) in [5, 5.41) is 12.0. The van der Waals surface area contributed by atoms with Gasteiger partial charge >= 0.3 is 6.03 Å². The van der Waals surface area contributed by atoms with Crippen molar-refractivity contribution in [3.63, 3.8) is 0 Å². The molecule has 4 nitrogen and oxygen atoms in total. The molecule has 80 valence electrons. The lowest BCUT2D eigenvalue weighted by molar-refractivity contribution is 0.158. The summed E-state index contributed by atoms with van der Waals surface area (Å²) >= 11 is 0. The van der Waals surface area contributed by atoms with Gasteiger partial charge in [-0.15, -0.1) is 0 Å². The van der Waals surface area contributed by atoms with Crippen LogP contribution in [0.1, 0.15) is 17.5 Å². The number of benzene rings is 1. The van der Waals surface area contributed by atoms with E-state index < -0.39 is 6.03 Å². The Morgan fingerprint density at radius 2 is 2.27 bits per heavy atom. The van der Waals surface area contributed by atoms with E-state index >= 15 is 0 Å². The summed E-state index contributed by atoms with van der Waals surface area (Å²) in [7, 11) is 0. The van der Waals surface area contributed by atoms with Gasteiger partial charge in [0.15, 0.2) is 0 Å². The number of amides is 2. The Kier molecular flexibility index (Phi) is 2.60. The van der Waals surface area contributed by atoms with Crippen LogP contribution < -0.4 is 11.1 Å². The fourth-order valence-corrected chi connectivity index (χ4v) is 1.96. The third-order valence-electron chi connectivity index (χ3n) is 2.68. The molecule has 0 fully saturated rings. The predicted octanol–water partition coefficient (Wildman–Crippen LogP) is 1.03. The third kappa shape index (κ3) is 2.27. The summed E-state index contributed by atoms with van der Waals surface area (Å²) in [6.07, 6.45) is 2.10. The summed E-state index contributed by atoms with van der Waals surface area (Å²) in [6.45, 7) is 0. The van der Waals surface area contributed by atoms with Crippen molar-refractivity contribution in [2.45, 2.75) is 25.4 Å². The number of carbonyl (C=O) groups excluding carboxylic acids is 1. The highest BCUT2D eigenvalue weighted by atomic mass is 16.3. The first-order valence-electron chi connectivity index (χ1n) is 5.01. The molecule has 0 aliphatic heterocycles. The first-order valence-corrected chi connectivity index (χ1v) is 5.01. The number of hydrogen-bond donors (Lipinski definition) is 3. The van der Waals surface area contributed by atoms with Crippen molar-refractivity contribution in [1.29, 1.82) is 0 Å². The number of fused-ring (bicyclic) bond motifs is 1. The smallest absolute Gasteiger partial charge is 0.316 e. The lowest BCUT2D eigenvalue weighted by Gasteiger charge is -2.21. The van der Waals surface area contributed by atoms with Crippen molar-refractivity contribution in [3.05, 3.63) is 29.3 Å². The third-order valence-corrected chi connectivity index (χ3v) is 2.68. The van der Waals surface area contributed by atoms with E-state index in [2.05, 4.69) is 5.32 Å². The number of aliphatic hydroxyl groups is 1. The van der Waals surface area contributed by atoms with E-state index in [-0.39, 0.29) is 6.10 Å². The minimum atomic E-state index is -0.564. The van der Waals surface area contributed by atoms with Crippen LogP contribution in [0.3, 0.4) is 0 Å². The van der Waals surface area contributed by atoms with Crippen molar-refractivity contribution in [3.8, 4) is 0 Å². The van der Waals surface area contributed by atoms with Crippen LogP contribution in [0.5, 0.6) is 0 Å². The van der Waals surface area contributed by atoms with Gasteiger partial charge in [-0.05, 0) is 42.5 Å². The number of primary amides is 1. The quantitative estimate of drug-likeness (QED) is 0.641. The molecule has 1 aromatic rings. The van der Waals surface area contributed by atoms with Crippen molar-refractivity contribution >= 4 is 11.7 Å². The minimum absolute atomic E-state index is 0.263. The molecule has 0 spiro atoms. The zero-order chi connectivity index (χ0) is 10.8. The SMILES string of the molecule is NC(=O)Nc1ccc2c(c1)CC(O)CC2. The van der Waals surface area contributed by atoms with Gasteiger partial charge in [0.25, 0.3) is 0 Å². The standard InChI is InChI=1S/C11H14N2O2/c12-11(15)13-9-3-1-7-2-4-10(14)6-8(7)5-9/h1,3,5,10,14H,2,4,6H2,(H3,12,13,15). The van der Waals surface area contributed by atoms with Crippen molar-refractivity contribution in [1.82, 2.24) is 0 Å². The van der Waals surface area contributed by atoms with Crippen molar-refractivity contribution < 1.29 is 9.90 Å². The maximum absolute atomic E-state index is 10.7. The highest BCUT2D eigenvalue weighted by molar-refractivity contribution is 5.87. The number of urea groups is 1. The maximum atomic E-state index is 10.7. The Hall–Kier alpha value is -1.55. The molecule has 0 saturated heterocycles. The van der Waals surface area contributed by atoms with Gasteiger partial charge in [-0.2, -0.15) is 0 Å². The number of nitrogens with one attached hydrogen (secondary N) is 1. The second kappa shape index (κ2) is 3.90. The Bertz CT molecular complexity index is 390. The molecular formula is C11H14N2O2. The van der Waals surface area contributed by atoms with Gasteiger partial charge in [-0.25, -0.2) is 4.79 Å². The number of nitrogens with two attached hydrogens (primary N) is 1. The molecule has 1 aromatic carbocycles. The topological polar surface area (TPSA) is 75.4 Å². The van der Waals surface area contributed by atoms with Crippen LogP contribution in [0, 0.1) is 0 Å². The van der Waals surface area contributed by atoms with Crippen LogP contribution in [0.25, 0.3) is 0 Å². The number of aliphatic hydroxyl groups excluding tert-OH is 1. The van der Waals surface area contributed by atoms with Crippen LogP contribution in [0.15, 0.2) is 18.2 Å². The zero-order valence-electron chi connectivity index (χ0n) is 8.36. The van der Waals surface area contributed by atoms with Gasteiger partial charge < -0.3 is 16.2 Å². The van der Waals surface area contributed by atoms with Gasteiger partial charge in [-0.3, -0.25) is 0 Å². The van der Waals surface area contributed by atoms with Gasteiger partial charge in [-0.1, -0.05) is 6.07 Å². The largest absolute Gasteiger partial charge is 0.393 e. The number of rotatable bonds is 1. The monoisotopic (exact) mass is 206 g/mol. The Balaban J connectivity index is 2.24. The molecule has 2 amide bonds. The lowest BCUT2D eigenvalue weighted by atomic mass is 9.89. The van der Waals surface area contributed by atoms with E-state index in [9.17, 15) is 9.90 Å². The molecule has 4 heteroatoms. The van der Waals surface area contributed by atoms with E-state index in [0.717, 1.165) is 18.4 Å². The molecule has 0 radical (unpaired) electrons. The van der Waals surface area contributed by atoms with E-state index in [1.54, 1.807) is 0 Å². The zero-order valence-corrected chi connectivity index (χ0v) is 8.36. The van der Waals surface area contributed by atoms with Gasteiger partial charge in [0.2, 0.25) is 0 Å². The summed E-state index contributed by atoms with van der Waals surface area (Å²) < 4.78 is 0. The highest BCUT2D eigenvalue weighted by Crippen LogP contribution is 2.24. The van der Waals surface area contributed by atoms with Crippen molar-refractivity contribution in [2.24, 2.45) is 5.73 Å². The molecule has 2 rings (SSSR count). The molecule has 4 N–H and O–H groups in total. The molecule has 0 aromatic heterocycles. The molecule has 0 bridgehead atoms. The first-order chi connectivity index (χ1) is 7.15. The van der Waals surface area contributed by atoms with Gasteiger partial charge in [0.1, 0.15) is 0 Å². The molecule has 15 heavy (non-hydrogen) atoms. The van der Waals surface area contributed by atoms with E-state index in [1.807, 2.05) is 18.2 Å². The molecule has 1 aliphatic carbocycles. The molecule has 0 heterocycles. The lowest BCUT2D eigenvalue weighted by Crippen LogP contribution is -2.21. The fraction of sp³-hybridized carbons (Fsp3) is 0.364. The van der Waals surface area contributed by atoms with Crippen LogP contribution in [0.2, 0.25) is 0 Å². The van der Waals surface area contributed by atoms with E-state index in [1.165, 1.54) is 5.56 Å². The Labute approximate surface area is 88.1 Å². The molecule has 1 aliphatic rings. The normalized spacial score (nSPS) is 19.4. The Morgan fingerprint density at radius 3 is 3.00 bits per heavy atom. The van der Waals surface area contributed by atoms with Crippen LogP contribution in [-0.2, 0) is 12.8 Å². The average molecular weight is 206 g/mol. The number of aryl methyl sites for hydroxylation is 1. The molecular weight excluding hydrogens is 192 g/mol.